The summed E-state index contributed by atoms with van der Waals surface area (Å²) in [6, 6.07) is 15.6. The molecule has 0 saturated carbocycles. The van der Waals surface area contributed by atoms with E-state index in [1.807, 2.05) is 30.3 Å². The Hall–Kier alpha value is -3.19. The number of aryl methyl sites for hydroxylation is 1. The molecule has 0 aliphatic carbocycles. The van der Waals surface area contributed by atoms with Gasteiger partial charge in [-0.05, 0) is 24.6 Å². The summed E-state index contributed by atoms with van der Waals surface area (Å²) in [5.74, 6) is -1.06. The molecule has 0 spiro atoms. The molecule has 0 saturated heterocycles. The molecule has 0 aliphatic heterocycles. The molecular weight excluding hydrogens is 383 g/mol. The van der Waals surface area contributed by atoms with Crippen molar-refractivity contribution in [2.75, 3.05) is 6.61 Å². The molecule has 3 rings (SSSR count). The van der Waals surface area contributed by atoms with Crippen molar-refractivity contribution in [1.82, 2.24) is 15.2 Å². The second kappa shape index (κ2) is 9.14. The van der Waals surface area contributed by atoms with E-state index in [0.717, 1.165) is 5.56 Å². The number of amides is 1. The second-order valence-corrected chi connectivity index (χ2v) is 6.30. The molecule has 8 heteroatoms. The van der Waals surface area contributed by atoms with E-state index in [1.54, 1.807) is 17.7 Å². The quantitative estimate of drug-likeness (QED) is 0.487. The van der Waals surface area contributed by atoms with Crippen molar-refractivity contribution in [3.8, 4) is 5.75 Å². The summed E-state index contributed by atoms with van der Waals surface area (Å²) in [7, 11) is 0. The number of hydrazone groups is 1. The summed E-state index contributed by atoms with van der Waals surface area (Å²) in [5.41, 5.74) is 4.67. The molecule has 1 N–H and O–H groups in total. The van der Waals surface area contributed by atoms with Gasteiger partial charge in [-0.2, -0.15) is 10.2 Å². The van der Waals surface area contributed by atoms with E-state index in [9.17, 15) is 9.18 Å². The molecule has 28 heavy (non-hydrogen) atoms. The summed E-state index contributed by atoms with van der Waals surface area (Å²) in [5, 5.41) is 8.70. The smallest absolute Gasteiger partial charge is 0.277 e. The van der Waals surface area contributed by atoms with E-state index in [0.29, 0.717) is 23.0 Å². The Labute approximate surface area is 166 Å². The summed E-state index contributed by atoms with van der Waals surface area (Å²) in [4.78, 5) is 11.8. The third kappa shape index (κ3) is 4.95. The maximum Gasteiger partial charge on any atom is 0.277 e. The molecule has 6 nitrogen and oxygen atoms in total. The fourth-order valence-electron chi connectivity index (χ4n) is 2.48. The van der Waals surface area contributed by atoms with Gasteiger partial charge in [0.05, 0.1) is 24.0 Å². The normalized spacial score (nSPS) is 11.0. The number of benzene rings is 2. The molecule has 2 aromatic carbocycles. The SMILES string of the molecule is Cc1nn(Cc2ccccc2)c(Cl)c1/C=N\NC(=O)COc1ccccc1F. The number of carbonyl (C=O) groups excluding carboxylic acids is 1. The molecule has 0 aliphatic rings. The molecule has 3 aromatic rings. The van der Waals surface area contributed by atoms with Gasteiger partial charge in [-0.3, -0.25) is 4.79 Å². The van der Waals surface area contributed by atoms with Gasteiger partial charge in [0.15, 0.2) is 18.2 Å². The number of para-hydroxylation sites is 1. The molecule has 0 atom stereocenters. The Morgan fingerprint density at radius 2 is 1.96 bits per heavy atom. The van der Waals surface area contributed by atoms with Crippen molar-refractivity contribution in [2.24, 2.45) is 5.10 Å². The van der Waals surface area contributed by atoms with Crippen molar-refractivity contribution in [3.63, 3.8) is 0 Å². The molecule has 0 bridgehead atoms. The zero-order chi connectivity index (χ0) is 19.9. The van der Waals surface area contributed by atoms with Gasteiger partial charge in [-0.1, -0.05) is 54.1 Å². The number of rotatable bonds is 7. The minimum atomic E-state index is -0.535. The lowest BCUT2D eigenvalue weighted by Gasteiger charge is -2.05. The largest absolute Gasteiger partial charge is 0.481 e. The van der Waals surface area contributed by atoms with Gasteiger partial charge in [-0.25, -0.2) is 14.5 Å². The summed E-state index contributed by atoms with van der Waals surface area (Å²) >= 11 is 6.38. The monoisotopic (exact) mass is 400 g/mol. The topological polar surface area (TPSA) is 68.5 Å². The van der Waals surface area contributed by atoms with Gasteiger partial charge < -0.3 is 4.74 Å². The van der Waals surface area contributed by atoms with Gasteiger partial charge in [0, 0.05) is 0 Å². The number of ether oxygens (including phenoxy) is 1. The molecule has 0 unspecified atom stereocenters. The minimum Gasteiger partial charge on any atom is -0.481 e. The van der Waals surface area contributed by atoms with E-state index >= 15 is 0 Å². The van der Waals surface area contributed by atoms with Crippen LogP contribution in [0.3, 0.4) is 0 Å². The first-order valence-electron chi connectivity index (χ1n) is 8.50. The van der Waals surface area contributed by atoms with Gasteiger partial charge in [0.25, 0.3) is 5.91 Å². The first-order valence-corrected chi connectivity index (χ1v) is 8.88. The Balaban J connectivity index is 1.58. The highest BCUT2D eigenvalue weighted by atomic mass is 35.5. The number of hydrogen-bond donors (Lipinski definition) is 1. The van der Waals surface area contributed by atoms with Crippen LogP contribution in [0.4, 0.5) is 4.39 Å². The van der Waals surface area contributed by atoms with Gasteiger partial charge in [0.2, 0.25) is 0 Å². The number of halogens is 2. The van der Waals surface area contributed by atoms with Crippen LogP contribution in [0.2, 0.25) is 5.15 Å². The molecule has 0 fully saturated rings. The Bertz CT molecular complexity index is 989. The fourth-order valence-corrected chi connectivity index (χ4v) is 2.76. The molecule has 1 aromatic heterocycles. The van der Waals surface area contributed by atoms with Crippen LogP contribution in [0.1, 0.15) is 16.8 Å². The lowest BCUT2D eigenvalue weighted by molar-refractivity contribution is -0.123. The van der Waals surface area contributed by atoms with E-state index in [4.69, 9.17) is 16.3 Å². The fraction of sp³-hybridized carbons (Fsp3) is 0.150. The maximum absolute atomic E-state index is 13.5. The van der Waals surface area contributed by atoms with Gasteiger partial charge in [-0.15, -0.1) is 0 Å². The van der Waals surface area contributed by atoms with E-state index < -0.39 is 11.7 Å². The third-order valence-electron chi connectivity index (χ3n) is 3.86. The van der Waals surface area contributed by atoms with Crippen LogP contribution < -0.4 is 10.2 Å². The number of aromatic nitrogens is 2. The standard InChI is InChI=1S/C20H18ClFN4O2/c1-14-16(20(21)26(25-14)12-15-7-3-2-4-8-15)11-23-24-19(27)13-28-18-10-6-5-9-17(18)22/h2-11H,12-13H2,1H3,(H,24,27)/b23-11-. The van der Waals surface area contributed by atoms with Gasteiger partial charge in [0.1, 0.15) is 5.15 Å². The first-order chi connectivity index (χ1) is 13.5. The van der Waals surface area contributed by atoms with E-state index in [-0.39, 0.29) is 12.4 Å². The number of hydrogen-bond acceptors (Lipinski definition) is 4. The van der Waals surface area contributed by atoms with Crippen LogP contribution in [0.15, 0.2) is 59.7 Å². The zero-order valence-electron chi connectivity index (χ0n) is 15.1. The Morgan fingerprint density at radius 3 is 2.71 bits per heavy atom. The van der Waals surface area contributed by atoms with Crippen molar-refractivity contribution in [1.29, 1.82) is 0 Å². The van der Waals surface area contributed by atoms with Crippen LogP contribution in [-0.2, 0) is 11.3 Å². The van der Waals surface area contributed by atoms with Crippen LogP contribution >= 0.6 is 11.6 Å². The first kappa shape index (κ1) is 19.6. The highest BCUT2D eigenvalue weighted by Crippen LogP contribution is 2.19. The second-order valence-electron chi connectivity index (χ2n) is 5.95. The lowest BCUT2D eigenvalue weighted by atomic mass is 10.2. The van der Waals surface area contributed by atoms with E-state index in [1.165, 1.54) is 24.4 Å². The van der Waals surface area contributed by atoms with Crippen molar-refractivity contribution in [3.05, 3.63) is 82.4 Å². The molecule has 1 amide bonds. The highest BCUT2D eigenvalue weighted by Gasteiger charge is 2.12. The average Bonchev–Trinajstić information content (AvgIpc) is 2.95. The predicted molar refractivity (Wildman–Crippen MR) is 105 cm³/mol. The number of carbonyl (C=O) groups is 1. The molecule has 1 heterocycles. The molecule has 0 radical (unpaired) electrons. The van der Waals surface area contributed by atoms with Crippen molar-refractivity contribution in [2.45, 2.75) is 13.5 Å². The number of nitrogens with one attached hydrogen (secondary N) is 1. The van der Waals surface area contributed by atoms with Gasteiger partial charge >= 0.3 is 0 Å². The van der Waals surface area contributed by atoms with Crippen LogP contribution in [-0.4, -0.2) is 28.5 Å². The predicted octanol–water partition coefficient (Wildman–Crippen LogP) is 3.56. The van der Waals surface area contributed by atoms with Crippen molar-refractivity contribution >= 4 is 23.7 Å². The zero-order valence-corrected chi connectivity index (χ0v) is 15.9. The average molecular weight is 401 g/mol. The highest BCUT2D eigenvalue weighted by molar-refractivity contribution is 6.32. The van der Waals surface area contributed by atoms with Crippen LogP contribution in [0.5, 0.6) is 5.75 Å². The minimum absolute atomic E-state index is 0.00251. The Morgan fingerprint density at radius 1 is 1.25 bits per heavy atom. The molecular formula is C20H18ClFN4O2. The number of nitrogens with zero attached hydrogens (tertiary/aromatic N) is 3. The summed E-state index contributed by atoms with van der Waals surface area (Å²) < 4.78 is 20.2. The lowest BCUT2D eigenvalue weighted by Crippen LogP contribution is -2.24. The van der Waals surface area contributed by atoms with Crippen LogP contribution in [0.25, 0.3) is 0 Å². The van der Waals surface area contributed by atoms with E-state index in [2.05, 4.69) is 15.6 Å². The van der Waals surface area contributed by atoms with Crippen molar-refractivity contribution < 1.29 is 13.9 Å². The Kier molecular flexibility index (Phi) is 6.39. The van der Waals surface area contributed by atoms with Crippen LogP contribution in [0, 0.1) is 12.7 Å². The molecule has 144 valence electrons. The summed E-state index contributed by atoms with van der Waals surface area (Å²) in [6.45, 7) is 1.97. The maximum atomic E-state index is 13.5. The summed E-state index contributed by atoms with van der Waals surface area (Å²) in [6.07, 6.45) is 1.42. The third-order valence-corrected chi connectivity index (χ3v) is 4.26.